The van der Waals surface area contributed by atoms with Gasteiger partial charge in [-0.05, 0) is 23.8 Å². The van der Waals surface area contributed by atoms with Gasteiger partial charge in [-0.1, -0.05) is 5.22 Å². The third kappa shape index (κ3) is 6.40. The molecule has 0 aliphatic carbocycles. The topological polar surface area (TPSA) is 95.4 Å². The highest BCUT2D eigenvalue weighted by Crippen LogP contribution is 2.36. The number of nitrogens with one attached hydrogen (secondary N) is 1. The molecule has 0 aliphatic heterocycles. The van der Waals surface area contributed by atoms with E-state index < -0.39 is 30.0 Å². The summed E-state index contributed by atoms with van der Waals surface area (Å²) in [6, 6.07) is 1.14. The Morgan fingerprint density at radius 3 is 2.04 bits per heavy atom. The van der Waals surface area contributed by atoms with E-state index >= 15 is 0 Å². The fraction of sp³-hybridized carbons (Fsp3) is 0.417. The Labute approximate surface area is 132 Å². The van der Waals surface area contributed by atoms with Crippen LogP contribution in [-0.2, 0) is 18.9 Å². The third-order valence-corrected chi connectivity index (χ3v) is 2.51. The van der Waals surface area contributed by atoms with Crippen molar-refractivity contribution in [3.8, 4) is 0 Å². The molecule has 0 spiro atoms. The van der Waals surface area contributed by atoms with Gasteiger partial charge in [0.25, 0.3) is 0 Å². The number of nitrogens with two attached hydrogens (primary N) is 1. The van der Waals surface area contributed by atoms with Crippen molar-refractivity contribution >= 4 is 5.96 Å². The molecule has 0 saturated carbocycles. The van der Waals surface area contributed by atoms with Crippen LogP contribution in [0.3, 0.4) is 0 Å². The fourth-order valence-electron chi connectivity index (χ4n) is 1.50. The lowest BCUT2D eigenvalue weighted by Crippen LogP contribution is -2.27. The van der Waals surface area contributed by atoms with Gasteiger partial charge in [-0.25, -0.2) is 10.4 Å². The highest BCUT2D eigenvalue weighted by Gasteiger charge is 2.36. The van der Waals surface area contributed by atoms with Gasteiger partial charge in [0.2, 0.25) is 5.96 Å². The first-order chi connectivity index (χ1) is 11.0. The molecule has 12 heteroatoms. The summed E-state index contributed by atoms with van der Waals surface area (Å²) < 4.78 is 76.1. The predicted molar refractivity (Wildman–Crippen MR) is 71.7 cm³/mol. The molecule has 0 saturated heterocycles. The largest absolute Gasteiger partial charge is 0.416 e. The molecule has 0 aromatic heterocycles. The minimum Gasteiger partial charge on any atom is -0.394 e. The summed E-state index contributed by atoms with van der Waals surface area (Å²) in [7, 11) is 0. The monoisotopic (exact) mass is 357 g/mol. The van der Waals surface area contributed by atoms with Crippen LogP contribution in [0.1, 0.15) is 16.7 Å². The van der Waals surface area contributed by atoms with Gasteiger partial charge >= 0.3 is 12.4 Å². The summed E-state index contributed by atoms with van der Waals surface area (Å²) in [5, 5.41) is 15.1. The van der Waals surface area contributed by atoms with Crippen LogP contribution in [0.5, 0.6) is 0 Å². The number of aliphatic hydroxyl groups is 1. The molecule has 0 bridgehead atoms. The molecule has 0 atom stereocenters. The van der Waals surface area contributed by atoms with Crippen LogP contribution in [0.4, 0.5) is 26.3 Å². The highest BCUT2D eigenvalue weighted by atomic mass is 19.4. The van der Waals surface area contributed by atoms with Crippen molar-refractivity contribution in [1.29, 1.82) is 0 Å². The highest BCUT2D eigenvalue weighted by molar-refractivity contribution is 5.77. The van der Waals surface area contributed by atoms with Crippen LogP contribution in [0, 0.1) is 0 Å². The molecule has 0 unspecified atom stereocenters. The molecular weight excluding hydrogens is 344 g/mol. The predicted octanol–water partition coefficient (Wildman–Crippen LogP) is 2.49. The third-order valence-electron chi connectivity index (χ3n) is 2.51. The van der Waals surface area contributed by atoms with Gasteiger partial charge in [-0.15, -0.1) is 0 Å². The lowest BCUT2D eigenvalue weighted by Gasteiger charge is -2.13. The molecule has 1 aromatic rings. The lowest BCUT2D eigenvalue weighted by atomic mass is 10.0. The average molecular weight is 357 g/mol. The summed E-state index contributed by atoms with van der Waals surface area (Å²) in [6.07, 6.45) is -9.86. The van der Waals surface area contributed by atoms with E-state index in [2.05, 4.69) is 20.8 Å². The smallest absolute Gasteiger partial charge is 0.394 e. The molecule has 1 rings (SSSR count). The average Bonchev–Trinajstić information content (AvgIpc) is 2.47. The Hall–Kier alpha value is -2.37. The summed E-state index contributed by atoms with van der Waals surface area (Å²) in [5.74, 6) is -0.359. The first-order valence-electron chi connectivity index (χ1n) is 6.35. The van der Waals surface area contributed by atoms with Crippen molar-refractivity contribution in [2.75, 3.05) is 13.2 Å². The maximum Gasteiger partial charge on any atom is 0.416 e. The SMILES string of the molecule is NC(=NCc1cc(C(F)(F)F)cc(C(F)(F)F)c1)NN=NCCO. The van der Waals surface area contributed by atoms with E-state index in [4.69, 9.17) is 10.8 Å². The van der Waals surface area contributed by atoms with Gasteiger partial charge < -0.3 is 10.8 Å². The number of nitrogens with zero attached hydrogens (tertiary/aromatic N) is 3. The van der Waals surface area contributed by atoms with E-state index in [1.165, 1.54) is 0 Å². The van der Waals surface area contributed by atoms with Crippen molar-refractivity contribution in [3.63, 3.8) is 0 Å². The van der Waals surface area contributed by atoms with Crippen molar-refractivity contribution in [3.05, 3.63) is 34.9 Å². The zero-order valence-corrected chi connectivity index (χ0v) is 12.0. The Kier molecular flexibility index (Phi) is 6.51. The second kappa shape index (κ2) is 7.95. The molecule has 0 heterocycles. The van der Waals surface area contributed by atoms with Gasteiger partial charge in [0.05, 0.1) is 30.8 Å². The fourth-order valence-corrected chi connectivity index (χ4v) is 1.50. The van der Waals surface area contributed by atoms with Crippen molar-refractivity contribution in [1.82, 2.24) is 5.43 Å². The maximum absolute atomic E-state index is 12.7. The molecule has 4 N–H and O–H groups in total. The van der Waals surface area contributed by atoms with Gasteiger partial charge in [-0.2, -0.15) is 31.5 Å². The number of hydrogen-bond acceptors (Lipinski definition) is 4. The Morgan fingerprint density at radius 2 is 1.58 bits per heavy atom. The zero-order valence-electron chi connectivity index (χ0n) is 12.0. The normalized spacial score (nSPS) is 13.5. The van der Waals surface area contributed by atoms with E-state index in [-0.39, 0.29) is 30.7 Å². The summed E-state index contributed by atoms with van der Waals surface area (Å²) in [6.45, 7) is -0.795. The van der Waals surface area contributed by atoms with Crippen LogP contribution in [-0.4, -0.2) is 24.2 Å². The van der Waals surface area contributed by atoms with Crippen molar-refractivity contribution in [2.24, 2.45) is 21.1 Å². The molecule has 24 heavy (non-hydrogen) atoms. The summed E-state index contributed by atoms with van der Waals surface area (Å²) >= 11 is 0. The number of guanidine groups is 1. The van der Waals surface area contributed by atoms with Crippen LogP contribution in [0.2, 0.25) is 0 Å². The quantitative estimate of drug-likeness (QED) is 0.248. The minimum atomic E-state index is -4.93. The molecular formula is C12H13F6N5O. The number of aliphatic hydroxyl groups excluding tert-OH is 1. The van der Waals surface area contributed by atoms with Crippen LogP contribution in [0.25, 0.3) is 0 Å². The Morgan fingerprint density at radius 1 is 1.04 bits per heavy atom. The molecule has 0 radical (unpaired) electrons. The number of alkyl halides is 6. The standard InChI is InChI=1S/C12H13F6N5O/c13-11(14,15)8-3-7(4-9(5-8)12(16,17)18)6-20-10(19)22-23-21-1-2-24/h3-5,24H,1-2,6H2,(H3,19,20,21,22). The lowest BCUT2D eigenvalue weighted by molar-refractivity contribution is -0.143. The second-order valence-electron chi connectivity index (χ2n) is 4.42. The number of aliphatic imine (C=N–C) groups is 1. The molecule has 6 nitrogen and oxygen atoms in total. The number of benzene rings is 1. The Bertz CT molecular complexity index is 579. The summed E-state index contributed by atoms with van der Waals surface area (Å²) in [5.41, 5.74) is 4.25. The number of hydrogen-bond donors (Lipinski definition) is 3. The van der Waals surface area contributed by atoms with Crippen LogP contribution < -0.4 is 11.2 Å². The minimum absolute atomic E-state index is 0.0111. The second-order valence-corrected chi connectivity index (χ2v) is 4.42. The van der Waals surface area contributed by atoms with Crippen LogP contribution >= 0.6 is 0 Å². The number of rotatable bonds is 5. The van der Waals surface area contributed by atoms with E-state index in [0.717, 1.165) is 0 Å². The van der Waals surface area contributed by atoms with E-state index in [0.29, 0.717) is 12.1 Å². The van der Waals surface area contributed by atoms with E-state index in [1.807, 2.05) is 0 Å². The molecule has 0 fully saturated rings. The van der Waals surface area contributed by atoms with E-state index in [1.54, 1.807) is 0 Å². The van der Waals surface area contributed by atoms with Gasteiger partial charge in [0.15, 0.2) is 0 Å². The van der Waals surface area contributed by atoms with Crippen LogP contribution in [0.15, 0.2) is 33.5 Å². The first-order valence-corrected chi connectivity index (χ1v) is 6.35. The molecule has 1 aromatic carbocycles. The van der Waals surface area contributed by atoms with Gasteiger partial charge in [0, 0.05) is 0 Å². The summed E-state index contributed by atoms with van der Waals surface area (Å²) in [4.78, 5) is 3.57. The van der Waals surface area contributed by atoms with E-state index in [9.17, 15) is 26.3 Å². The maximum atomic E-state index is 12.7. The molecule has 0 amide bonds. The van der Waals surface area contributed by atoms with Gasteiger partial charge in [0.1, 0.15) is 0 Å². The first kappa shape index (κ1) is 19.7. The van der Waals surface area contributed by atoms with Crippen molar-refractivity contribution in [2.45, 2.75) is 18.9 Å². The molecule has 0 aliphatic rings. The van der Waals surface area contributed by atoms with Crippen molar-refractivity contribution < 1.29 is 31.4 Å². The number of halogens is 6. The molecule has 134 valence electrons. The Balaban J connectivity index is 2.98. The zero-order chi connectivity index (χ0) is 18.4. The van der Waals surface area contributed by atoms with Gasteiger partial charge in [-0.3, -0.25) is 0 Å².